The van der Waals surface area contributed by atoms with Crippen LogP contribution in [0.3, 0.4) is 0 Å². The molecule has 1 N–H and O–H groups in total. The Balaban J connectivity index is 0.000000135. The highest BCUT2D eigenvalue weighted by Gasteiger charge is 2.20. The van der Waals surface area contributed by atoms with E-state index in [-0.39, 0.29) is 11.5 Å². The number of hydrogen-bond donors (Lipinski definition) is 1. The molecule has 50 heavy (non-hydrogen) atoms. The number of hydrogen-bond acceptors (Lipinski definition) is 7. The SMILES string of the molecule is CCOC(=O)c1cc2cc3ccccc3nc2n2c1nc1ccccc12.O=C(O)c1cc2cc3ccccc3nc2n2c1nc1ccccc12. The van der Waals surface area contributed by atoms with E-state index in [1.165, 1.54) is 0 Å². The maximum atomic E-state index is 12.5. The number of aromatic carboxylic acids is 1. The molecule has 0 saturated heterocycles. The summed E-state index contributed by atoms with van der Waals surface area (Å²) in [4.78, 5) is 43.1. The van der Waals surface area contributed by atoms with Crippen molar-refractivity contribution in [1.82, 2.24) is 28.7 Å². The van der Waals surface area contributed by atoms with Gasteiger partial charge in [-0.25, -0.2) is 29.5 Å². The Hall–Kier alpha value is -6.94. The second-order valence-electron chi connectivity index (χ2n) is 11.8. The van der Waals surface area contributed by atoms with Crippen molar-refractivity contribution in [3.05, 3.63) is 132 Å². The smallest absolute Gasteiger partial charge is 0.341 e. The quantitative estimate of drug-likeness (QED) is 0.149. The predicted octanol–water partition coefficient (Wildman–Crippen LogP) is 8.25. The van der Waals surface area contributed by atoms with E-state index in [0.717, 1.165) is 60.3 Å². The van der Waals surface area contributed by atoms with Crippen LogP contribution in [-0.2, 0) is 4.74 Å². The second-order valence-corrected chi connectivity index (χ2v) is 11.8. The summed E-state index contributed by atoms with van der Waals surface area (Å²) in [6.07, 6.45) is 0. The van der Waals surface area contributed by atoms with Crippen molar-refractivity contribution < 1.29 is 19.4 Å². The molecule has 0 saturated carbocycles. The first-order valence-electron chi connectivity index (χ1n) is 16.1. The zero-order valence-corrected chi connectivity index (χ0v) is 26.6. The number of carboxylic acid groups (broad SMARTS) is 1. The van der Waals surface area contributed by atoms with Crippen LogP contribution in [-0.4, -0.2) is 52.4 Å². The van der Waals surface area contributed by atoms with Crippen LogP contribution in [0.4, 0.5) is 0 Å². The van der Waals surface area contributed by atoms with Gasteiger partial charge < -0.3 is 9.84 Å². The van der Waals surface area contributed by atoms with Gasteiger partial charge in [0.15, 0.2) is 11.3 Å². The van der Waals surface area contributed by atoms with Crippen LogP contribution in [0.25, 0.3) is 77.2 Å². The molecule has 0 bridgehead atoms. The van der Waals surface area contributed by atoms with Crippen LogP contribution in [0, 0.1) is 0 Å². The minimum absolute atomic E-state index is 0.177. The van der Waals surface area contributed by atoms with Crippen molar-refractivity contribution in [1.29, 1.82) is 0 Å². The van der Waals surface area contributed by atoms with Gasteiger partial charge >= 0.3 is 11.9 Å². The lowest BCUT2D eigenvalue weighted by atomic mass is 10.1. The van der Waals surface area contributed by atoms with Crippen molar-refractivity contribution in [2.24, 2.45) is 0 Å². The molecule has 0 unspecified atom stereocenters. The predicted molar refractivity (Wildman–Crippen MR) is 194 cm³/mol. The number of para-hydroxylation sites is 6. The van der Waals surface area contributed by atoms with Crippen molar-refractivity contribution in [3.63, 3.8) is 0 Å². The maximum Gasteiger partial charge on any atom is 0.341 e. The number of fused-ring (bicyclic) bond motifs is 12. The van der Waals surface area contributed by atoms with Gasteiger partial charge in [-0.2, -0.15) is 0 Å². The lowest BCUT2D eigenvalue weighted by Gasteiger charge is -2.09. The van der Waals surface area contributed by atoms with Gasteiger partial charge in [0.2, 0.25) is 0 Å². The van der Waals surface area contributed by atoms with E-state index < -0.39 is 5.97 Å². The summed E-state index contributed by atoms with van der Waals surface area (Å²) in [6, 6.07) is 38.7. The molecule has 0 atom stereocenters. The number of pyridine rings is 4. The van der Waals surface area contributed by atoms with E-state index in [9.17, 15) is 14.7 Å². The first kappa shape index (κ1) is 29.2. The molecule has 0 radical (unpaired) electrons. The molecule has 0 aliphatic heterocycles. The van der Waals surface area contributed by atoms with E-state index in [1.807, 2.05) is 118 Å². The number of nitrogens with zero attached hydrogens (tertiary/aromatic N) is 6. The average molecular weight is 655 g/mol. The number of carbonyl (C=O) groups is 2. The Bertz CT molecular complexity index is 3020. The van der Waals surface area contributed by atoms with E-state index in [2.05, 4.69) is 16.0 Å². The van der Waals surface area contributed by atoms with E-state index in [0.29, 0.717) is 29.1 Å². The van der Waals surface area contributed by atoms with Crippen LogP contribution in [0.5, 0.6) is 0 Å². The van der Waals surface area contributed by atoms with Crippen LogP contribution in [0.15, 0.2) is 121 Å². The minimum Gasteiger partial charge on any atom is -0.478 e. The molecule has 6 aromatic heterocycles. The summed E-state index contributed by atoms with van der Waals surface area (Å²) in [5.41, 5.74) is 8.22. The molecule has 240 valence electrons. The molecule has 10 aromatic rings. The largest absolute Gasteiger partial charge is 0.478 e. The van der Waals surface area contributed by atoms with Crippen molar-refractivity contribution in [3.8, 4) is 0 Å². The molecule has 0 amide bonds. The number of imidazole rings is 2. The fourth-order valence-corrected chi connectivity index (χ4v) is 6.61. The molecule has 0 spiro atoms. The first-order valence-corrected chi connectivity index (χ1v) is 16.1. The molecule has 0 aliphatic carbocycles. The highest BCUT2D eigenvalue weighted by atomic mass is 16.5. The Labute approximate surface area is 282 Å². The third kappa shape index (κ3) is 4.57. The molecule has 0 aliphatic rings. The molecule has 0 fully saturated rings. The van der Waals surface area contributed by atoms with Gasteiger partial charge in [-0.1, -0.05) is 60.7 Å². The molecular formula is C40H26N6O4. The number of carbonyl (C=O) groups excluding carboxylic acids is 1. The molecule has 4 aromatic carbocycles. The second kappa shape index (κ2) is 11.3. The van der Waals surface area contributed by atoms with Crippen LogP contribution < -0.4 is 0 Å². The third-order valence-corrected chi connectivity index (χ3v) is 8.82. The summed E-state index contributed by atoms with van der Waals surface area (Å²) in [7, 11) is 0. The van der Waals surface area contributed by atoms with E-state index in [4.69, 9.17) is 14.7 Å². The highest BCUT2D eigenvalue weighted by Crippen LogP contribution is 2.29. The number of esters is 1. The molecule has 10 heteroatoms. The van der Waals surface area contributed by atoms with Gasteiger partial charge in [-0.3, -0.25) is 8.80 Å². The number of benzene rings is 4. The molecule has 10 rings (SSSR count). The number of aromatic nitrogens is 6. The Morgan fingerprint density at radius 2 is 0.960 bits per heavy atom. The topological polar surface area (TPSA) is 124 Å². The monoisotopic (exact) mass is 654 g/mol. The summed E-state index contributed by atoms with van der Waals surface area (Å²) < 4.78 is 9.04. The van der Waals surface area contributed by atoms with Crippen LogP contribution >= 0.6 is 0 Å². The molecule has 10 nitrogen and oxygen atoms in total. The lowest BCUT2D eigenvalue weighted by Crippen LogP contribution is -2.08. The normalized spacial score (nSPS) is 11.6. The summed E-state index contributed by atoms with van der Waals surface area (Å²) >= 11 is 0. The molecule has 6 heterocycles. The first-order chi connectivity index (χ1) is 24.5. The Morgan fingerprint density at radius 3 is 1.46 bits per heavy atom. The Kier molecular flexibility index (Phi) is 6.63. The van der Waals surface area contributed by atoms with Gasteiger partial charge in [-0.15, -0.1) is 0 Å². The van der Waals surface area contributed by atoms with Gasteiger partial charge in [0.1, 0.15) is 22.4 Å². The van der Waals surface area contributed by atoms with Crippen molar-refractivity contribution >= 4 is 89.2 Å². The highest BCUT2D eigenvalue weighted by molar-refractivity contribution is 6.06. The molecular weight excluding hydrogens is 628 g/mol. The zero-order valence-electron chi connectivity index (χ0n) is 26.6. The van der Waals surface area contributed by atoms with Crippen molar-refractivity contribution in [2.75, 3.05) is 6.61 Å². The number of ether oxygens (including phenoxy) is 1. The Morgan fingerprint density at radius 1 is 0.540 bits per heavy atom. The lowest BCUT2D eigenvalue weighted by molar-refractivity contribution is 0.0527. The van der Waals surface area contributed by atoms with E-state index in [1.54, 1.807) is 13.0 Å². The fraction of sp³-hybridized carbons (Fsp3) is 0.0500. The van der Waals surface area contributed by atoms with Gasteiger partial charge in [-0.05, 0) is 67.6 Å². The standard InChI is InChI=1S/C21H15N3O2.C19H11N3O2/c1-2-26-21(25)15-12-14-11-13-7-3-4-8-16(13)22-19(14)24-18-10-6-5-9-17(18)23-20(15)24;23-19(24)13-10-12-9-11-5-1-2-6-14(11)20-17(12)22-16-8-4-3-7-15(16)21-18(13)22/h3-12H,2H2,1H3;1-10H,(H,23,24). The summed E-state index contributed by atoms with van der Waals surface area (Å²) in [6.45, 7) is 2.12. The minimum atomic E-state index is -0.995. The summed E-state index contributed by atoms with van der Waals surface area (Å²) in [5, 5.41) is 13.3. The number of carboxylic acids is 1. The van der Waals surface area contributed by atoms with Crippen LogP contribution in [0.1, 0.15) is 27.6 Å². The van der Waals surface area contributed by atoms with Gasteiger partial charge in [0.05, 0.1) is 39.7 Å². The number of rotatable bonds is 3. The van der Waals surface area contributed by atoms with E-state index >= 15 is 0 Å². The third-order valence-electron chi connectivity index (χ3n) is 8.82. The average Bonchev–Trinajstić information content (AvgIpc) is 3.73. The summed E-state index contributed by atoms with van der Waals surface area (Å²) in [5.74, 6) is -1.37. The fourth-order valence-electron chi connectivity index (χ4n) is 6.61. The van der Waals surface area contributed by atoms with Gasteiger partial charge in [0, 0.05) is 21.5 Å². The zero-order chi connectivity index (χ0) is 33.9. The van der Waals surface area contributed by atoms with Crippen LogP contribution in [0.2, 0.25) is 0 Å². The van der Waals surface area contributed by atoms with Crippen molar-refractivity contribution in [2.45, 2.75) is 6.92 Å². The van der Waals surface area contributed by atoms with Gasteiger partial charge in [0.25, 0.3) is 0 Å². The maximum absolute atomic E-state index is 12.5.